The van der Waals surface area contributed by atoms with Crippen molar-refractivity contribution in [2.75, 3.05) is 0 Å². The van der Waals surface area contributed by atoms with Crippen LogP contribution in [0.15, 0.2) is 24.8 Å². The first-order valence-electron chi connectivity index (χ1n) is 3.72. The molecule has 0 radical (unpaired) electrons. The summed E-state index contributed by atoms with van der Waals surface area (Å²) >= 11 is 0. The van der Waals surface area contributed by atoms with Crippen LogP contribution in [0, 0.1) is 12.7 Å². The van der Waals surface area contributed by atoms with Crippen molar-refractivity contribution in [3.05, 3.63) is 41.7 Å². The summed E-state index contributed by atoms with van der Waals surface area (Å²) in [4.78, 5) is 11.2. The van der Waals surface area contributed by atoms with Crippen LogP contribution in [-0.2, 0) is 0 Å². The topological polar surface area (TPSA) is 37.3 Å². The van der Waals surface area contributed by atoms with Gasteiger partial charge in [0.25, 0.3) is 0 Å². The first-order valence-corrected chi connectivity index (χ1v) is 3.72. The number of carbonyl (C=O) groups is 1. The van der Waals surface area contributed by atoms with Crippen LogP contribution >= 0.6 is 0 Å². The van der Waals surface area contributed by atoms with Gasteiger partial charge in [0.2, 0.25) is 0 Å². The number of phenols is 1. The monoisotopic (exact) mass is 180 g/mol. The van der Waals surface area contributed by atoms with Gasteiger partial charge in [-0.2, -0.15) is 0 Å². The molecule has 0 heterocycles. The van der Waals surface area contributed by atoms with Gasteiger partial charge in [0, 0.05) is 0 Å². The third-order valence-corrected chi connectivity index (χ3v) is 1.81. The molecular formula is C10H9FO2. The molecule has 2 nitrogen and oxygen atoms in total. The largest absolute Gasteiger partial charge is 0.507 e. The normalized spacial score (nSPS) is 9.69. The van der Waals surface area contributed by atoms with Crippen molar-refractivity contribution < 1.29 is 14.3 Å². The van der Waals surface area contributed by atoms with Gasteiger partial charge in [-0.3, -0.25) is 4.79 Å². The molecule has 13 heavy (non-hydrogen) atoms. The van der Waals surface area contributed by atoms with E-state index in [4.69, 9.17) is 0 Å². The summed E-state index contributed by atoms with van der Waals surface area (Å²) < 4.78 is 13.0. The van der Waals surface area contributed by atoms with Gasteiger partial charge in [0.1, 0.15) is 11.6 Å². The van der Waals surface area contributed by atoms with Gasteiger partial charge < -0.3 is 5.11 Å². The van der Waals surface area contributed by atoms with Gasteiger partial charge in [-0.1, -0.05) is 6.58 Å². The molecule has 1 aromatic carbocycles. The number of hydrogen-bond donors (Lipinski definition) is 1. The van der Waals surface area contributed by atoms with Gasteiger partial charge >= 0.3 is 0 Å². The highest BCUT2D eigenvalue weighted by Gasteiger charge is 2.13. The maximum atomic E-state index is 13.0. The molecule has 0 aliphatic rings. The first-order chi connectivity index (χ1) is 6.07. The molecule has 0 fully saturated rings. The lowest BCUT2D eigenvalue weighted by Crippen LogP contribution is -2.00. The number of aromatic hydroxyl groups is 1. The number of hydrogen-bond acceptors (Lipinski definition) is 2. The van der Waals surface area contributed by atoms with E-state index in [9.17, 15) is 14.3 Å². The molecule has 0 aliphatic carbocycles. The van der Waals surface area contributed by atoms with E-state index < -0.39 is 11.6 Å². The Kier molecular flexibility index (Phi) is 2.46. The number of halogens is 1. The summed E-state index contributed by atoms with van der Waals surface area (Å²) in [6, 6.07) is 2.27. The van der Waals surface area contributed by atoms with E-state index in [0.717, 1.165) is 18.2 Å². The molecule has 68 valence electrons. The molecule has 1 rings (SSSR count). The summed E-state index contributed by atoms with van der Waals surface area (Å²) in [6.07, 6.45) is 1.04. The van der Waals surface area contributed by atoms with Crippen molar-refractivity contribution in [3.8, 4) is 5.75 Å². The Balaban J connectivity index is 3.41. The number of allylic oxidation sites excluding steroid dienone is 1. The maximum absolute atomic E-state index is 13.0. The fraction of sp³-hybridized carbons (Fsp3) is 0.100. The zero-order valence-corrected chi connectivity index (χ0v) is 7.17. The highest BCUT2D eigenvalue weighted by molar-refractivity contribution is 6.07. The van der Waals surface area contributed by atoms with Crippen molar-refractivity contribution >= 4 is 5.78 Å². The molecule has 0 aliphatic heterocycles. The van der Waals surface area contributed by atoms with Crippen LogP contribution in [0.3, 0.4) is 0 Å². The molecule has 1 N–H and O–H groups in total. The average Bonchev–Trinajstić information content (AvgIpc) is 2.12. The fourth-order valence-electron chi connectivity index (χ4n) is 1.09. The third kappa shape index (κ3) is 1.59. The highest BCUT2D eigenvalue weighted by atomic mass is 19.1. The molecular weight excluding hydrogens is 171 g/mol. The van der Waals surface area contributed by atoms with Crippen molar-refractivity contribution in [1.29, 1.82) is 0 Å². The fourth-order valence-corrected chi connectivity index (χ4v) is 1.09. The predicted molar refractivity (Wildman–Crippen MR) is 47.3 cm³/mol. The van der Waals surface area contributed by atoms with Gasteiger partial charge in [0.15, 0.2) is 5.78 Å². The molecule has 0 spiro atoms. The zero-order valence-electron chi connectivity index (χ0n) is 7.17. The van der Waals surface area contributed by atoms with Crippen LogP contribution in [0.2, 0.25) is 0 Å². The minimum Gasteiger partial charge on any atom is -0.507 e. The van der Waals surface area contributed by atoms with Crippen LogP contribution in [0.4, 0.5) is 4.39 Å². The Bertz CT molecular complexity index is 369. The van der Waals surface area contributed by atoms with Crippen LogP contribution < -0.4 is 0 Å². The highest BCUT2D eigenvalue weighted by Crippen LogP contribution is 2.23. The summed E-state index contributed by atoms with van der Waals surface area (Å²) in [7, 11) is 0. The van der Waals surface area contributed by atoms with Crippen molar-refractivity contribution in [2.45, 2.75) is 6.92 Å². The van der Waals surface area contributed by atoms with Crippen LogP contribution in [-0.4, -0.2) is 10.9 Å². The lowest BCUT2D eigenvalue weighted by Gasteiger charge is -2.05. The minimum atomic E-state index is -0.511. The minimum absolute atomic E-state index is 0.0185. The molecule has 0 unspecified atom stereocenters. The Morgan fingerprint density at radius 3 is 2.77 bits per heavy atom. The van der Waals surface area contributed by atoms with E-state index in [2.05, 4.69) is 6.58 Å². The van der Waals surface area contributed by atoms with Crippen molar-refractivity contribution in [1.82, 2.24) is 0 Å². The van der Waals surface area contributed by atoms with E-state index >= 15 is 0 Å². The number of benzene rings is 1. The molecule has 3 heteroatoms. The van der Waals surface area contributed by atoms with E-state index in [1.165, 1.54) is 6.92 Å². The van der Waals surface area contributed by atoms with Gasteiger partial charge in [-0.15, -0.1) is 0 Å². The lowest BCUT2D eigenvalue weighted by molar-refractivity contribution is 0.104. The summed E-state index contributed by atoms with van der Waals surface area (Å²) in [5.74, 6) is -1.21. The quantitative estimate of drug-likeness (QED) is 0.559. The second-order valence-corrected chi connectivity index (χ2v) is 2.63. The summed E-state index contributed by atoms with van der Waals surface area (Å²) in [6.45, 7) is 4.70. The Hall–Kier alpha value is -1.64. The molecule has 0 saturated carbocycles. The molecule has 0 amide bonds. The van der Waals surface area contributed by atoms with Crippen LogP contribution in [0.1, 0.15) is 15.9 Å². The molecule has 0 bridgehead atoms. The Morgan fingerprint density at radius 1 is 1.62 bits per heavy atom. The summed E-state index contributed by atoms with van der Waals surface area (Å²) in [5, 5.41) is 9.28. The Morgan fingerprint density at radius 2 is 2.23 bits per heavy atom. The number of ketones is 1. The molecule has 1 aromatic rings. The van der Waals surface area contributed by atoms with E-state index in [1.54, 1.807) is 0 Å². The number of phenolic OH excluding ortho intramolecular Hbond substituents is 1. The smallest absolute Gasteiger partial charge is 0.189 e. The maximum Gasteiger partial charge on any atom is 0.189 e. The summed E-state index contributed by atoms with van der Waals surface area (Å²) in [5.41, 5.74) is 0.125. The van der Waals surface area contributed by atoms with Crippen molar-refractivity contribution in [3.63, 3.8) is 0 Å². The second kappa shape index (κ2) is 3.39. The Labute approximate surface area is 75.3 Å². The SMILES string of the molecule is C=CC(=O)c1c(O)ccc(F)c1C. The molecule has 0 atom stereocenters. The van der Waals surface area contributed by atoms with Crippen molar-refractivity contribution in [2.24, 2.45) is 0 Å². The van der Waals surface area contributed by atoms with Crippen LogP contribution in [0.5, 0.6) is 5.75 Å². The van der Waals surface area contributed by atoms with E-state index in [0.29, 0.717) is 0 Å². The van der Waals surface area contributed by atoms with E-state index in [-0.39, 0.29) is 16.9 Å². The zero-order chi connectivity index (χ0) is 10.0. The molecule has 0 aromatic heterocycles. The number of rotatable bonds is 2. The van der Waals surface area contributed by atoms with E-state index in [1.807, 2.05) is 0 Å². The lowest BCUT2D eigenvalue weighted by atomic mass is 10.0. The van der Waals surface area contributed by atoms with Gasteiger partial charge in [-0.25, -0.2) is 4.39 Å². The second-order valence-electron chi connectivity index (χ2n) is 2.63. The average molecular weight is 180 g/mol. The first kappa shape index (κ1) is 9.45. The van der Waals surface area contributed by atoms with Gasteiger partial charge in [-0.05, 0) is 30.7 Å². The predicted octanol–water partition coefficient (Wildman–Crippen LogP) is 2.21. The standard InChI is InChI=1S/C10H9FO2/c1-3-8(12)10-6(2)7(11)4-5-9(10)13/h3-5,13H,1H2,2H3. The molecule has 0 saturated heterocycles. The van der Waals surface area contributed by atoms with Crippen LogP contribution in [0.25, 0.3) is 0 Å². The number of carbonyl (C=O) groups excluding carboxylic acids is 1. The third-order valence-electron chi connectivity index (χ3n) is 1.81. The van der Waals surface area contributed by atoms with Gasteiger partial charge in [0.05, 0.1) is 5.56 Å².